The molecule has 0 bridgehead atoms. The van der Waals surface area contributed by atoms with Crippen LogP contribution in [0.2, 0.25) is 0 Å². The number of hydrogen-bond acceptors (Lipinski definition) is 6. The van der Waals surface area contributed by atoms with Crippen molar-refractivity contribution in [1.29, 1.82) is 0 Å². The van der Waals surface area contributed by atoms with Gasteiger partial charge in [0.15, 0.2) is 11.5 Å². The van der Waals surface area contributed by atoms with Gasteiger partial charge >= 0.3 is 0 Å². The number of carbonyl (C=O) groups excluding carboxylic acids is 2. The summed E-state index contributed by atoms with van der Waals surface area (Å²) in [5.41, 5.74) is 1.97. The average molecular weight is 407 g/mol. The number of nitrogens with zero attached hydrogens (tertiary/aromatic N) is 2. The van der Waals surface area contributed by atoms with Gasteiger partial charge in [-0.15, -0.1) is 11.3 Å². The molecule has 4 aromatic rings. The predicted octanol–water partition coefficient (Wildman–Crippen LogP) is 4.70. The maximum absolute atomic E-state index is 12.9. The van der Waals surface area contributed by atoms with E-state index in [-0.39, 0.29) is 17.5 Å². The summed E-state index contributed by atoms with van der Waals surface area (Å²) in [6.07, 6.45) is 0. The molecule has 2 heterocycles. The number of Topliss-reactive ketones (excluding diaryl/α,β-unsaturated/α-hetero) is 1. The summed E-state index contributed by atoms with van der Waals surface area (Å²) < 4.78 is 6.77. The second-order valence-corrected chi connectivity index (χ2v) is 8.13. The Morgan fingerprint density at radius 1 is 1.17 bits per heavy atom. The number of aromatic nitrogens is 1. The van der Waals surface area contributed by atoms with Crippen LogP contribution in [0, 0.1) is 0 Å². The van der Waals surface area contributed by atoms with Crippen molar-refractivity contribution in [2.24, 2.45) is 0 Å². The molecule has 0 saturated heterocycles. The van der Waals surface area contributed by atoms with Crippen molar-refractivity contribution in [3.8, 4) is 0 Å². The second-order valence-electron chi connectivity index (χ2n) is 7.01. The van der Waals surface area contributed by atoms with Crippen molar-refractivity contribution in [3.05, 3.63) is 59.3 Å². The number of anilines is 1. The molecule has 1 unspecified atom stereocenters. The van der Waals surface area contributed by atoms with Crippen molar-refractivity contribution >= 4 is 49.9 Å². The minimum absolute atomic E-state index is 0.167. The number of carbonyl (C=O) groups is 2. The Labute approximate surface area is 172 Å². The molecule has 4 rings (SSSR count). The Hall–Kier alpha value is -3.03. The number of benzene rings is 2. The summed E-state index contributed by atoms with van der Waals surface area (Å²) in [7, 11) is 1.88. The molecule has 0 aliphatic heterocycles. The van der Waals surface area contributed by atoms with Gasteiger partial charge in [-0.25, -0.2) is 4.98 Å². The van der Waals surface area contributed by atoms with E-state index >= 15 is 0 Å². The third kappa shape index (κ3) is 3.79. The third-order valence-electron chi connectivity index (χ3n) is 4.93. The molecule has 0 aliphatic carbocycles. The molecular formula is C22H21N3O3S. The molecule has 1 atom stereocenters. The van der Waals surface area contributed by atoms with Crippen LogP contribution in [0.3, 0.4) is 0 Å². The lowest BCUT2D eigenvalue weighted by molar-refractivity contribution is -0.120. The summed E-state index contributed by atoms with van der Waals surface area (Å²) in [6.45, 7) is 3.81. The molecular weight excluding hydrogens is 386 g/mol. The van der Waals surface area contributed by atoms with Crippen LogP contribution in [0.1, 0.15) is 29.4 Å². The van der Waals surface area contributed by atoms with E-state index in [9.17, 15) is 9.59 Å². The average Bonchev–Trinajstić information content (AvgIpc) is 3.28. The van der Waals surface area contributed by atoms with Crippen molar-refractivity contribution in [1.82, 2.24) is 9.88 Å². The van der Waals surface area contributed by atoms with Crippen molar-refractivity contribution < 1.29 is 14.0 Å². The summed E-state index contributed by atoms with van der Waals surface area (Å²) >= 11 is 1.62. The van der Waals surface area contributed by atoms with Gasteiger partial charge in [-0.05, 0) is 38.2 Å². The van der Waals surface area contributed by atoms with Gasteiger partial charge in [0.05, 0.1) is 28.5 Å². The summed E-state index contributed by atoms with van der Waals surface area (Å²) in [6, 6.07) is 14.8. The number of thiazole rings is 1. The van der Waals surface area contributed by atoms with E-state index < -0.39 is 6.04 Å². The highest BCUT2D eigenvalue weighted by molar-refractivity contribution is 7.18. The van der Waals surface area contributed by atoms with E-state index in [0.29, 0.717) is 23.2 Å². The zero-order valence-electron chi connectivity index (χ0n) is 16.4. The van der Waals surface area contributed by atoms with Crippen LogP contribution in [0.4, 0.5) is 5.69 Å². The summed E-state index contributed by atoms with van der Waals surface area (Å²) in [5, 5.41) is 4.56. The van der Waals surface area contributed by atoms with Crippen LogP contribution in [-0.4, -0.2) is 34.7 Å². The van der Waals surface area contributed by atoms with Crippen LogP contribution in [0.15, 0.2) is 52.9 Å². The van der Waals surface area contributed by atoms with Gasteiger partial charge in [0.1, 0.15) is 10.6 Å². The van der Waals surface area contributed by atoms with Gasteiger partial charge in [0, 0.05) is 12.3 Å². The molecule has 0 saturated carbocycles. The number of nitrogens with one attached hydrogen (secondary N) is 1. The zero-order valence-corrected chi connectivity index (χ0v) is 17.2. The molecule has 2 aromatic carbocycles. The number of hydrogen-bond donors (Lipinski definition) is 1. The van der Waals surface area contributed by atoms with Gasteiger partial charge in [-0.2, -0.15) is 0 Å². The fourth-order valence-electron chi connectivity index (χ4n) is 3.18. The highest BCUT2D eigenvalue weighted by atomic mass is 32.1. The van der Waals surface area contributed by atoms with Crippen molar-refractivity contribution in [2.75, 3.05) is 12.4 Å². The minimum Gasteiger partial charge on any atom is -0.451 e. The molecule has 1 N–H and O–H groups in total. The van der Waals surface area contributed by atoms with Gasteiger partial charge < -0.3 is 9.73 Å². The van der Waals surface area contributed by atoms with Crippen molar-refractivity contribution in [3.63, 3.8) is 0 Å². The van der Waals surface area contributed by atoms with E-state index in [1.54, 1.807) is 17.4 Å². The molecule has 0 radical (unpaired) electrons. The first-order chi connectivity index (χ1) is 13.9. The first kappa shape index (κ1) is 19.3. The Morgan fingerprint density at radius 3 is 2.66 bits per heavy atom. The van der Waals surface area contributed by atoms with Gasteiger partial charge in [-0.3, -0.25) is 14.5 Å². The van der Waals surface area contributed by atoms with Crippen LogP contribution < -0.4 is 5.32 Å². The third-order valence-corrected chi connectivity index (χ3v) is 5.95. The maximum Gasteiger partial charge on any atom is 0.241 e. The predicted molar refractivity (Wildman–Crippen MR) is 115 cm³/mol. The van der Waals surface area contributed by atoms with Crippen LogP contribution in [0.5, 0.6) is 0 Å². The first-order valence-electron chi connectivity index (χ1n) is 9.32. The SMILES string of the molecule is CC(=O)c1oc2ccccc2c1NC(=O)C(C)N(C)Cc1nc2ccccc2s1. The Morgan fingerprint density at radius 2 is 1.90 bits per heavy atom. The lowest BCUT2D eigenvalue weighted by atomic mass is 10.2. The van der Waals surface area contributed by atoms with Crippen LogP contribution in [-0.2, 0) is 11.3 Å². The number of ketones is 1. The smallest absolute Gasteiger partial charge is 0.241 e. The highest BCUT2D eigenvalue weighted by Crippen LogP contribution is 2.31. The molecule has 148 valence electrons. The van der Waals surface area contributed by atoms with Gasteiger partial charge in [0.25, 0.3) is 0 Å². The van der Waals surface area contributed by atoms with Crippen molar-refractivity contribution in [2.45, 2.75) is 26.4 Å². The molecule has 1 amide bonds. The molecule has 6 nitrogen and oxygen atoms in total. The standard InChI is InChI=1S/C22H21N3O3S/c1-13(25(3)12-19-23-16-9-5-7-11-18(16)29-19)22(27)24-20-15-8-4-6-10-17(15)28-21(20)14(2)26/h4-11,13H,12H2,1-3H3,(H,24,27). The second kappa shape index (κ2) is 7.77. The molecule has 29 heavy (non-hydrogen) atoms. The Bertz CT molecular complexity index is 1180. The number of para-hydroxylation sites is 2. The summed E-state index contributed by atoms with van der Waals surface area (Å²) in [5.74, 6) is -0.268. The van der Waals surface area contributed by atoms with E-state index in [2.05, 4.69) is 10.3 Å². The van der Waals surface area contributed by atoms with E-state index in [1.807, 2.05) is 61.3 Å². The van der Waals surface area contributed by atoms with Gasteiger partial charge in [-0.1, -0.05) is 24.3 Å². The monoisotopic (exact) mass is 407 g/mol. The summed E-state index contributed by atoms with van der Waals surface area (Å²) in [4.78, 5) is 31.5. The number of likely N-dealkylation sites (N-methyl/N-ethyl adjacent to an activating group) is 1. The molecule has 2 aromatic heterocycles. The number of amides is 1. The van der Waals surface area contributed by atoms with Crippen LogP contribution in [0.25, 0.3) is 21.2 Å². The van der Waals surface area contributed by atoms with Crippen LogP contribution >= 0.6 is 11.3 Å². The Balaban J connectivity index is 1.53. The fourth-order valence-corrected chi connectivity index (χ4v) is 4.21. The molecule has 0 fully saturated rings. The lowest BCUT2D eigenvalue weighted by Crippen LogP contribution is -2.39. The molecule has 7 heteroatoms. The zero-order chi connectivity index (χ0) is 20.5. The normalized spacial score (nSPS) is 12.6. The lowest BCUT2D eigenvalue weighted by Gasteiger charge is -2.22. The van der Waals surface area contributed by atoms with E-state index in [0.717, 1.165) is 15.2 Å². The number of fused-ring (bicyclic) bond motifs is 2. The minimum atomic E-state index is -0.421. The molecule has 0 spiro atoms. The van der Waals surface area contributed by atoms with Gasteiger partial charge in [0.2, 0.25) is 5.91 Å². The van der Waals surface area contributed by atoms with E-state index in [4.69, 9.17) is 4.42 Å². The number of furan rings is 1. The Kier molecular flexibility index (Phi) is 5.17. The quantitative estimate of drug-likeness (QED) is 0.469. The van der Waals surface area contributed by atoms with E-state index in [1.165, 1.54) is 6.92 Å². The number of rotatable bonds is 6. The largest absolute Gasteiger partial charge is 0.451 e. The topological polar surface area (TPSA) is 75.4 Å². The first-order valence-corrected chi connectivity index (χ1v) is 10.1. The fraction of sp³-hybridized carbons (Fsp3) is 0.227. The molecule has 0 aliphatic rings. The highest BCUT2D eigenvalue weighted by Gasteiger charge is 2.24. The maximum atomic E-state index is 12.9.